The second-order valence-electron chi connectivity index (χ2n) is 0.520. The van der Waals surface area contributed by atoms with E-state index >= 15 is 0 Å². The first kappa shape index (κ1) is 10.4. The summed E-state index contributed by atoms with van der Waals surface area (Å²) in [5.74, 6) is 0. The molecule has 0 heterocycles. The molecule has 0 aliphatic rings. The Morgan fingerprint density at radius 1 is 1.50 bits per heavy atom. The molecule has 0 aliphatic carbocycles. The predicted octanol–water partition coefficient (Wildman–Crippen LogP) is -0.987. The monoisotopic (exact) mass is 145 g/mol. The van der Waals surface area contributed by atoms with Crippen LogP contribution < -0.4 is 0 Å². The molecular weight excluding hydrogens is 141 g/mol. The summed E-state index contributed by atoms with van der Waals surface area (Å²) < 4.78 is 8.74. The third kappa shape index (κ3) is 240. The maximum atomic E-state index is 8.74. The van der Waals surface area contributed by atoms with E-state index in [1.165, 1.54) is 0 Å². The number of hydrogen-bond donors (Lipinski definition) is 3. The van der Waals surface area contributed by atoms with Crippen LogP contribution in [-0.2, 0) is 4.57 Å². The molecule has 0 spiro atoms. The molecule has 0 bridgehead atoms. The Morgan fingerprint density at radius 2 is 1.50 bits per heavy atom. The molecule has 7 nitrogen and oxygen atoms in total. The molecule has 0 rings (SSSR count). The molecule has 0 amide bonds. The van der Waals surface area contributed by atoms with E-state index in [1.807, 2.05) is 0 Å². The number of rotatable bonds is 0. The van der Waals surface area contributed by atoms with Crippen molar-refractivity contribution in [3.05, 3.63) is 10.1 Å². The molecule has 8 heavy (non-hydrogen) atoms. The van der Waals surface area contributed by atoms with Crippen molar-refractivity contribution in [1.29, 1.82) is 0 Å². The molecule has 0 atom stereocenters. The van der Waals surface area contributed by atoms with Crippen molar-refractivity contribution < 1.29 is 24.6 Å². The van der Waals surface area contributed by atoms with Crippen LogP contribution in [0.4, 0.5) is 0 Å². The molecule has 0 unspecified atom stereocenters. The van der Waals surface area contributed by atoms with E-state index in [2.05, 4.69) is 0 Å². The van der Waals surface area contributed by atoms with Gasteiger partial charge >= 0.3 is 8.25 Å². The Hall–Kier alpha value is -0.650. The van der Waals surface area contributed by atoms with E-state index in [0.717, 1.165) is 0 Å². The minimum atomic E-state index is -3.13. The lowest BCUT2D eigenvalue weighted by atomic mass is 13.1. The third-order valence-electron chi connectivity index (χ3n) is 0. The van der Waals surface area contributed by atoms with Crippen LogP contribution in [0.1, 0.15) is 0 Å². The predicted molar refractivity (Wildman–Crippen MR) is 22.2 cm³/mol. The van der Waals surface area contributed by atoms with Gasteiger partial charge in [0.25, 0.3) is 5.09 Å². The quantitative estimate of drug-likeness (QED) is 0.228. The van der Waals surface area contributed by atoms with Crippen molar-refractivity contribution in [2.24, 2.45) is 0 Å². The highest BCUT2D eigenvalue weighted by atomic mass is 31.1. The lowest BCUT2D eigenvalue weighted by Crippen LogP contribution is -1.81. The summed E-state index contributed by atoms with van der Waals surface area (Å²) in [5.41, 5.74) is 0. The summed E-state index contributed by atoms with van der Waals surface area (Å²) in [6.45, 7) is 0. The zero-order valence-corrected chi connectivity index (χ0v) is 4.51. The lowest BCUT2D eigenvalue weighted by Gasteiger charge is -1.61. The zero-order valence-electron chi connectivity index (χ0n) is 3.51. The van der Waals surface area contributed by atoms with Gasteiger partial charge in [-0.1, -0.05) is 0 Å². The van der Waals surface area contributed by atoms with Gasteiger partial charge < -0.3 is 15.0 Å². The van der Waals surface area contributed by atoms with Crippen LogP contribution >= 0.6 is 8.25 Å². The van der Waals surface area contributed by atoms with Gasteiger partial charge in [0, 0.05) is 0 Å². The summed E-state index contributed by atoms with van der Waals surface area (Å²) >= 11 is 0. The third-order valence-corrected chi connectivity index (χ3v) is 0. The van der Waals surface area contributed by atoms with Crippen molar-refractivity contribution in [3.8, 4) is 0 Å². The van der Waals surface area contributed by atoms with Crippen LogP contribution in [0, 0.1) is 10.1 Å². The van der Waals surface area contributed by atoms with Gasteiger partial charge in [-0.15, -0.1) is 10.1 Å². The van der Waals surface area contributed by atoms with Gasteiger partial charge in [-0.05, 0) is 0 Å². The summed E-state index contributed by atoms with van der Waals surface area (Å²) in [5, 5.41) is 13.6. The molecule has 50 valence electrons. The van der Waals surface area contributed by atoms with Crippen LogP contribution in [0.3, 0.4) is 0 Å². The molecule has 0 aromatic heterocycles. The fraction of sp³-hybridized carbons (Fsp3) is 0. The van der Waals surface area contributed by atoms with E-state index < -0.39 is 13.3 Å². The van der Waals surface area contributed by atoms with Crippen LogP contribution in [0.15, 0.2) is 0 Å². The van der Waals surface area contributed by atoms with Crippen molar-refractivity contribution in [2.75, 3.05) is 0 Å². The van der Waals surface area contributed by atoms with Gasteiger partial charge in [-0.3, -0.25) is 4.57 Å². The fourth-order valence-electron chi connectivity index (χ4n) is 0. The standard InChI is InChI=1S/HNO3.H3O3P/c2-1(3)4;1-4(2)3/h(H,2,3,4);4H,(H2,1,2,3). The summed E-state index contributed by atoms with van der Waals surface area (Å²) in [6, 6.07) is 0. The Kier molecular flexibility index (Phi) is 8.22. The molecule has 0 radical (unpaired) electrons. The van der Waals surface area contributed by atoms with Gasteiger partial charge in [0.15, 0.2) is 0 Å². The van der Waals surface area contributed by atoms with Gasteiger partial charge in [0.05, 0.1) is 0 Å². The normalized spacial score (nSPS) is 7.38. The highest BCUT2D eigenvalue weighted by molar-refractivity contribution is 7.30. The van der Waals surface area contributed by atoms with Crippen LogP contribution in [-0.4, -0.2) is 20.1 Å². The number of hydrogen-bond acceptors (Lipinski definition) is 3. The zero-order chi connectivity index (χ0) is 7.15. The van der Waals surface area contributed by atoms with Gasteiger partial charge in [-0.25, -0.2) is 0 Å². The molecule has 0 aromatic rings. The fourth-order valence-corrected chi connectivity index (χ4v) is 0. The van der Waals surface area contributed by atoms with Crippen LogP contribution in [0.5, 0.6) is 0 Å². The van der Waals surface area contributed by atoms with Crippen LogP contribution in [0.25, 0.3) is 0 Å². The van der Waals surface area contributed by atoms with Gasteiger partial charge in [0.1, 0.15) is 0 Å². The van der Waals surface area contributed by atoms with E-state index in [-0.39, 0.29) is 0 Å². The summed E-state index contributed by atoms with van der Waals surface area (Å²) in [7, 11) is -3.13. The Morgan fingerprint density at radius 3 is 1.50 bits per heavy atom. The first-order valence-electron chi connectivity index (χ1n) is 1.22. The first-order chi connectivity index (χ1) is 3.46. The van der Waals surface area contributed by atoms with Crippen molar-refractivity contribution in [3.63, 3.8) is 0 Å². The smallest absolute Gasteiger partial charge is 0.314 e. The van der Waals surface area contributed by atoms with Crippen molar-refractivity contribution in [2.45, 2.75) is 0 Å². The molecule has 0 saturated heterocycles. The largest absolute Gasteiger partial charge is 0.328 e. The average molecular weight is 145 g/mol. The van der Waals surface area contributed by atoms with E-state index in [4.69, 9.17) is 29.7 Å². The molecule has 0 aliphatic heterocycles. The maximum absolute atomic E-state index is 8.74. The minimum Gasteiger partial charge on any atom is -0.328 e. The Bertz CT molecular complexity index is 66.5. The molecule has 8 heteroatoms. The topological polar surface area (TPSA) is 121 Å². The SMILES string of the molecule is O=[N+]([O-])O.O=[PH](O)O. The molecule has 3 N–H and O–H groups in total. The van der Waals surface area contributed by atoms with Crippen molar-refractivity contribution in [1.82, 2.24) is 0 Å². The summed E-state index contributed by atoms with van der Waals surface area (Å²) in [6.07, 6.45) is 0. The second kappa shape index (κ2) is 6.35. The van der Waals surface area contributed by atoms with Crippen molar-refractivity contribution >= 4 is 8.25 Å². The lowest BCUT2D eigenvalue weighted by molar-refractivity contribution is -0.742. The molecule has 0 saturated carbocycles. The number of nitrogens with zero attached hydrogens (tertiary/aromatic N) is 1. The Labute approximate surface area is 44.2 Å². The molecular formula is H4NO6P. The Balaban J connectivity index is 0. The van der Waals surface area contributed by atoms with E-state index in [9.17, 15) is 0 Å². The average Bonchev–Trinajstić information content (AvgIpc) is 1.25. The van der Waals surface area contributed by atoms with E-state index in [0.29, 0.717) is 0 Å². The maximum Gasteiger partial charge on any atom is 0.314 e. The second-order valence-corrected chi connectivity index (χ2v) is 1.09. The highest BCUT2D eigenvalue weighted by Gasteiger charge is 1.65. The molecule has 0 aromatic carbocycles. The highest BCUT2D eigenvalue weighted by Crippen LogP contribution is 1.98. The summed E-state index contributed by atoms with van der Waals surface area (Å²) in [4.78, 5) is 22.7. The molecule has 0 fully saturated rings. The van der Waals surface area contributed by atoms with Gasteiger partial charge in [0.2, 0.25) is 0 Å². The first-order valence-corrected chi connectivity index (χ1v) is 2.52. The van der Waals surface area contributed by atoms with Crippen LogP contribution in [0.2, 0.25) is 0 Å². The minimum absolute atomic E-state index is 1.50. The van der Waals surface area contributed by atoms with E-state index in [1.54, 1.807) is 0 Å². The van der Waals surface area contributed by atoms with Gasteiger partial charge in [-0.2, -0.15) is 0 Å².